The van der Waals surface area contributed by atoms with E-state index in [-0.39, 0.29) is 19.0 Å². The van der Waals surface area contributed by atoms with Crippen molar-refractivity contribution in [3.63, 3.8) is 0 Å². The fourth-order valence-electron chi connectivity index (χ4n) is 5.19. The first kappa shape index (κ1) is 27.1. The molecule has 0 unspecified atom stereocenters. The summed E-state index contributed by atoms with van der Waals surface area (Å²) in [7, 11) is 0. The van der Waals surface area contributed by atoms with E-state index in [0.29, 0.717) is 29.9 Å². The van der Waals surface area contributed by atoms with Crippen LogP contribution in [0.4, 0.5) is 4.39 Å². The van der Waals surface area contributed by atoms with Crippen molar-refractivity contribution in [2.45, 2.75) is 90.6 Å². The molecule has 0 atom stereocenters. The zero-order valence-electron chi connectivity index (χ0n) is 21.5. The van der Waals surface area contributed by atoms with Crippen LogP contribution in [0, 0.1) is 11.7 Å². The standard InChI is InChI=1S/C31H41FO3/c1-4-5-6-8-23-10-12-25(13-11-23)26-16-17-29(30(32)20-26)27-15-14-24(9-7-18-33)28(19-27)21-35-31(34)22(2)3/h14-17,19-20,23,25,33H,2,4-13,18,21H2,1,3H3. The lowest BCUT2D eigenvalue weighted by molar-refractivity contribution is -0.140. The number of esters is 1. The molecule has 1 saturated carbocycles. The maximum Gasteiger partial charge on any atom is 0.333 e. The van der Waals surface area contributed by atoms with Gasteiger partial charge in [-0.1, -0.05) is 63.5 Å². The van der Waals surface area contributed by atoms with Gasteiger partial charge in [0.15, 0.2) is 0 Å². The van der Waals surface area contributed by atoms with Crippen molar-refractivity contribution in [2.75, 3.05) is 6.61 Å². The second kappa shape index (κ2) is 13.6. The third-order valence-electron chi connectivity index (χ3n) is 7.36. The summed E-state index contributed by atoms with van der Waals surface area (Å²) in [5, 5.41) is 9.23. The zero-order valence-corrected chi connectivity index (χ0v) is 21.5. The van der Waals surface area contributed by atoms with Crippen molar-refractivity contribution in [2.24, 2.45) is 5.92 Å². The molecule has 190 valence electrons. The van der Waals surface area contributed by atoms with Crippen molar-refractivity contribution in [3.8, 4) is 11.1 Å². The van der Waals surface area contributed by atoms with Gasteiger partial charge >= 0.3 is 5.97 Å². The van der Waals surface area contributed by atoms with Crippen molar-refractivity contribution in [1.29, 1.82) is 0 Å². The average molecular weight is 481 g/mol. The second-order valence-electron chi connectivity index (χ2n) is 10.1. The Labute approximate surface area is 210 Å². The Morgan fingerprint density at radius 2 is 1.83 bits per heavy atom. The lowest BCUT2D eigenvalue weighted by atomic mass is 9.77. The van der Waals surface area contributed by atoms with Crippen LogP contribution in [0.1, 0.15) is 94.2 Å². The highest BCUT2D eigenvalue weighted by molar-refractivity contribution is 5.86. The Hall–Kier alpha value is -2.46. The molecule has 0 amide bonds. The first-order valence-corrected chi connectivity index (χ1v) is 13.3. The van der Waals surface area contributed by atoms with Gasteiger partial charge in [0.05, 0.1) is 0 Å². The minimum absolute atomic E-state index is 0.0868. The summed E-state index contributed by atoms with van der Waals surface area (Å²) in [6.45, 7) is 7.67. The summed E-state index contributed by atoms with van der Waals surface area (Å²) in [5.41, 5.74) is 4.59. The van der Waals surface area contributed by atoms with Crippen LogP contribution in [0.3, 0.4) is 0 Å². The van der Waals surface area contributed by atoms with E-state index in [2.05, 4.69) is 19.6 Å². The van der Waals surface area contributed by atoms with Crippen LogP contribution in [-0.4, -0.2) is 17.7 Å². The van der Waals surface area contributed by atoms with Gasteiger partial charge in [-0.3, -0.25) is 0 Å². The Morgan fingerprint density at radius 3 is 2.49 bits per heavy atom. The Bertz CT molecular complexity index is 989. The minimum Gasteiger partial charge on any atom is -0.457 e. The van der Waals surface area contributed by atoms with Gasteiger partial charge in [-0.2, -0.15) is 0 Å². The van der Waals surface area contributed by atoms with Crippen LogP contribution in [0.2, 0.25) is 0 Å². The monoisotopic (exact) mass is 480 g/mol. The molecule has 0 radical (unpaired) electrons. The van der Waals surface area contributed by atoms with Crippen molar-refractivity contribution in [3.05, 3.63) is 71.1 Å². The summed E-state index contributed by atoms with van der Waals surface area (Å²) >= 11 is 0. The Morgan fingerprint density at radius 1 is 1.06 bits per heavy atom. The molecule has 0 saturated heterocycles. The largest absolute Gasteiger partial charge is 0.457 e. The highest BCUT2D eigenvalue weighted by atomic mass is 19.1. The fraction of sp³-hybridized carbons (Fsp3) is 0.516. The number of aryl methyl sites for hydroxylation is 1. The molecule has 1 N–H and O–H groups in total. The smallest absolute Gasteiger partial charge is 0.333 e. The van der Waals surface area contributed by atoms with Gasteiger partial charge in [0.1, 0.15) is 12.4 Å². The predicted molar refractivity (Wildman–Crippen MR) is 141 cm³/mol. The SMILES string of the molecule is C=C(C)C(=O)OCc1cc(-c2ccc(C3CCC(CCCCC)CC3)cc2F)ccc1CCCO. The fourth-order valence-corrected chi connectivity index (χ4v) is 5.19. The summed E-state index contributed by atoms with van der Waals surface area (Å²) in [4.78, 5) is 11.9. The third kappa shape index (κ3) is 7.76. The molecule has 4 heteroatoms. The highest BCUT2D eigenvalue weighted by Gasteiger charge is 2.23. The molecule has 0 aliphatic heterocycles. The number of carbonyl (C=O) groups is 1. The first-order chi connectivity index (χ1) is 16.9. The molecular weight excluding hydrogens is 439 g/mol. The molecule has 1 fully saturated rings. The number of benzene rings is 2. The minimum atomic E-state index is -0.445. The number of rotatable bonds is 12. The average Bonchev–Trinajstić information content (AvgIpc) is 2.86. The van der Waals surface area contributed by atoms with E-state index >= 15 is 4.39 Å². The molecule has 0 aromatic heterocycles. The maximum atomic E-state index is 15.3. The van der Waals surface area contributed by atoms with E-state index in [1.165, 1.54) is 38.5 Å². The number of hydrogen-bond acceptors (Lipinski definition) is 3. The van der Waals surface area contributed by atoms with Gasteiger partial charge in [0.25, 0.3) is 0 Å². The molecular formula is C31H41FO3. The van der Waals surface area contributed by atoms with Crippen molar-refractivity contribution < 1.29 is 19.0 Å². The molecule has 35 heavy (non-hydrogen) atoms. The van der Waals surface area contributed by atoms with Crippen LogP contribution >= 0.6 is 0 Å². The summed E-state index contributed by atoms with van der Waals surface area (Å²) in [6.07, 6.45) is 11.3. The van der Waals surface area contributed by atoms with Gasteiger partial charge in [-0.25, -0.2) is 9.18 Å². The molecule has 1 aliphatic carbocycles. The normalized spacial score (nSPS) is 17.8. The molecule has 3 nitrogen and oxygen atoms in total. The van der Waals surface area contributed by atoms with Gasteiger partial charge in [-0.05, 0) is 91.7 Å². The van der Waals surface area contributed by atoms with Crippen molar-refractivity contribution >= 4 is 5.97 Å². The number of carbonyl (C=O) groups excluding carboxylic acids is 1. The van der Waals surface area contributed by atoms with Crippen LogP contribution in [0.25, 0.3) is 11.1 Å². The number of unbranched alkanes of at least 4 members (excludes halogenated alkanes) is 2. The Balaban J connectivity index is 1.72. The molecule has 2 aromatic rings. The number of aliphatic hydroxyl groups is 1. The lowest BCUT2D eigenvalue weighted by Crippen LogP contribution is -2.13. The lowest BCUT2D eigenvalue weighted by Gasteiger charge is -2.29. The molecule has 0 bridgehead atoms. The van der Waals surface area contributed by atoms with E-state index < -0.39 is 5.97 Å². The Kier molecular flexibility index (Phi) is 10.5. The summed E-state index contributed by atoms with van der Waals surface area (Å²) < 4.78 is 20.7. The summed E-state index contributed by atoms with van der Waals surface area (Å²) in [5.74, 6) is 0.627. The topological polar surface area (TPSA) is 46.5 Å². The van der Waals surface area contributed by atoms with Gasteiger partial charge in [0.2, 0.25) is 0 Å². The van der Waals surface area contributed by atoms with Gasteiger partial charge in [0, 0.05) is 17.7 Å². The third-order valence-corrected chi connectivity index (χ3v) is 7.36. The molecule has 0 spiro atoms. The van der Waals surface area contributed by atoms with Gasteiger partial charge < -0.3 is 9.84 Å². The van der Waals surface area contributed by atoms with E-state index in [4.69, 9.17) is 4.74 Å². The quantitative estimate of drug-likeness (QED) is 0.191. The number of ether oxygens (including phenoxy) is 1. The first-order valence-electron chi connectivity index (χ1n) is 13.3. The van der Waals surface area contributed by atoms with Crippen LogP contribution in [0.15, 0.2) is 48.6 Å². The van der Waals surface area contributed by atoms with Crippen LogP contribution in [-0.2, 0) is 22.6 Å². The number of halogens is 1. The second-order valence-corrected chi connectivity index (χ2v) is 10.1. The van der Waals surface area contributed by atoms with E-state index in [1.54, 1.807) is 13.0 Å². The number of aliphatic hydroxyl groups excluding tert-OH is 1. The number of hydrogen-bond donors (Lipinski definition) is 1. The molecule has 0 heterocycles. The molecule has 2 aromatic carbocycles. The van der Waals surface area contributed by atoms with E-state index in [9.17, 15) is 9.90 Å². The highest BCUT2D eigenvalue weighted by Crippen LogP contribution is 2.39. The summed E-state index contributed by atoms with van der Waals surface area (Å²) in [6, 6.07) is 11.5. The molecule has 3 rings (SSSR count). The van der Waals surface area contributed by atoms with E-state index in [1.807, 2.05) is 24.3 Å². The van der Waals surface area contributed by atoms with Gasteiger partial charge in [-0.15, -0.1) is 0 Å². The zero-order chi connectivity index (χ0) is 25.2. The van der Waals surface area contributed by atoms with Crippen molar-refractivity contribution in [1.82, 2.24) is 0 Å². The van der Waals surface area contributed by atoms with Crippen LogP contribution < -0.4 is 0 Å². The predicted octanol–water partition coefficient (Wildman–Crippen LogP) is 7.89. The van der Waals surface area contributed by atoms with E-state index in [0.717, 1.165) is 41.0 Å². The maximum absolute atomic E-state index is 15.3. The molecule has 1 aliphatic rings. The van der Waals surface area contributed by atoms with Crippen LogP contribution in [0.5, 0.6) is 0 Å².